The average molecular weight is 263 g/mol. The molecule has 0 bridgehead atoms. The van der Waals surface area contributed by atoms with Crippen LogP contribution in [0.25, 0.3) is 5.69 Å². The molecule has 0 aliphatic heterocycles. The summed E-state index contributed by atoms with van der Waals surface area (Å²) >= 11 is 0. The molecule has 19 heavy (non-hydrogen) atoms. The Labute approximate surface area is 111 Å². The van der Waals surface area contributed by atoms with Gasteiger partial charge in [0.15, 0.2) is 0 Å². The van der Waals surface area contributed by atoms with Crippen LogP contribution in [0.1, 0.15) is 18.3 Å². The van der Waals surface area contributed by atoms with Crippen LogP contribution in [0.2, 0.25) is 0 Å². The minimum Gasteiger partial charge on any atom is -0.497 e. The SMILES string of the molecule is CCc1c(CO)nnn1-c1cc(OC)cc(OC)c1. The van der Waals surface area contributed by atoms with E-state index in [1.165, 1.54) is 0 Å². The molecule has 0 unspecified atom stereocenters. The van der Waals surface area contributed by atoms with Crippen molar-refractivity contribution in [1.82, 2.24) is 15.0 Å². The Bertz CT molecular complexity index is 544. The number of ether oxygens (including phenoxy) is 2. The number of benzene rings is 1. The number of aromatic nitrogens is 3. The minimum absolute atomic E-state index is 0.121. The van der Waals surface area contributed by atoms with Gasteiger partial charge in [-0.25, -0.2) is 4.68 Å². The summed E-state index contributed by atoms with van der Waals surface area (Å²) in [4.78, 5) is 0. The molecule has 1 heterocycles. The van der Waals surface area contributed by atoms with Crippen LogP contribution < -0.4 is 9.47 Å². The molecule has 1 N–H and O–H groups in total. The van der Waals surface area contributed by atoms with E-state index in [-0.39, 0.29) is 6.61 Å². The van der Waals surface area contributed by atoms with Crippen molar-refractivity contribution < 1.29 is 14.6 Å². The Kier molecular flexibility index (Phi) is 4.01. The van der Waals surface area contributed by atoms with Crippen LogP contribution in [0.5, 0.6) is 11.5 Å². The smallest absolute Gasteiger partial charge is 0.124 e. The molecule has 1 aromatic carbocycles. The highest BCUT2D eigenvalue weighted by Gasteiger charge is 2.13. The van der Waals surface area contributed by atoms with E-state index in [1.807, 2.05) is 19.1 Å². The minimum atomic E-state index is -0.121. The zero-order valence-electron chi connectivity index (χ0n) is 11.3. The molecule has 0 aliphatic rings. The molecule has 2 rings (SSSR count). The third-order valence-electron chi connectivity index (χ3n) is 2.91. The van der Waals surface area contributed by atoms with Gasteiger partial charge in [0.1, 0.15) is 17.2 Å². The summed E-state index contributed by atoms with van der Waals surface area (Å²) < 4.78 is 12.2. The number of aliphatic hydroxyl groups excluding tert-OH is 1. The molecule has 6 heteroatoms. The van der Waals surface area contributed by atoms with Crippen molar-refractivity contribution in [2.24, 2.45) is 0 Å². The van der Waals surface area contributed by atoms with Crippen molar-refractivity contribution >= 4 is 0 Å². The number of nitrogens with zero attached hydrogens (tertiary/aromatic N) is 3. The zero-order chi connectivity index (χ0) is 13.8. The summed E-state index contributed by atoms with van der Waals surface area (Å²) in [7, 11) is 3.19. The first kappa shape index (κ1) is 13.4. The van der Waals surface area contributed by atoms with Gasteiger partial charge >= 0.3 is 0 Å². The molecule has 0 aliphatic carbocycles. The number of aliphatic hydroxyl groups is 1. The van der Waals surface area contributed by atoms with Crippen LogP contribution >= 0.6 is 0 Å². The third-order valence-corrected chi connectivity index (χ3v) is 2.91. The van der Waals surface area contributed by atoms with Crippen LogP contribution in [0.4, 0.5) is 0 Å². The Morgan fingerprint density at radius 2 is 1.79 bits per heavy atom. The fourth-order valence-corrected chi connectivity index (χ4v) is 1.93. The van der Waals surface area contributed by atoms with E-state index in [2.05, 4.69) is 10.3 Å². The van der Waals surface area contributed by atoms with Gasteiger partial charge in [-0.15, -0.1) is 5.10 Å². The summed E-state index contributed by atoms with van der Waals surface area (Å²) in [6.45, 7) is 1.87. The zero-order valence-corrected chi connectivity index (χ0v) is 11.3. The molecule has 6 nitrogen and oxygen atoms in total. The number of hydrogen-bond acceptors (Lipinski definition) is 5. The van der Waals surface area contributed by atoms with Crippen molar-refractivity contribution in [2.75, 3.05) is 14.2 Å². The molecule has 0 saturated carbocycles. The van der Waals surface area contributed by atoms with Crippen molar-refractivity contribution in [3.8, 4) is 17.2 Å². The molecule has 0 fully saturated rings. The Morgan fingerprint density at radius 3 is 2.26 bits per heavy atom. The van der Waals surface area contributed by atoms with Crippen molar-refractivity contribution in [2.45, 2.75) is 20.0 Å². The molecule has 0 saturated heterocycles. The van der Waals surface area contributed by atoms with Gasteiger partial charge in [-0.3, -0.25) is 0 Å². The van der Waals surface area contributed by atoms with Gasteiger partial charge in [0.2, 0.25) is 0 Å². The second-order valence-electron chi connectivity index (χ2n) is 3.98. The van der Waals surface area contributed by atoms with E-state index in [4.69, 9.17) is 9.47 Å². The maximum atomic E-state index is 9.25. The Hall–Kier alpha value is -2.08. The standard InChI is InChI=1S/C13H17N3O3/c1-4-13-12(8-17)14-15-16(13)9-5-10(18-2)7-11(6-9)19-3/h5-7,17H,4,8H2,1-3H3. The van der Waals surface area contributed by atoms with Gasteiger partial charge in [0.25, 0.3) is 0 Å². The average Bonchev–Trinajstić information content (AvgIpc) is 2.89. The lowest BCUT2D eigenvalue weighted by molar-refractivity contribution is 0.275. The normalized spacial score (nSPS) is 10.5. The van der Waals surface area contributed by atoms with E-state index in [9.17, 15) is 5.11 Å². The summed E-state index contributed by atoms with van der Waals surface area (Å²) in [5, 5.41) is 17.3. The first-order valence-electron chi connectivity index (χ1n) is 6.01. The predicted molar refractivity (Wildman–Crippen MR) is 69.8 cm³/mol. The molecule has 0 radical (unpaired) electrons. The van der Waals surface area contributed by atoms with Crippen LogP contribution in [0.15, 0.2) is 18.2 Å². The second kappa shape index (κ2) is 5.71. The fraction of sp³-hybridized carbons (Fsp3) is 0.385. The largest absolute Gasteiger partial charge is 0.497 e. The molecule has 102 valence electrons. The molecule has 2 aromatic rings. The van der Waals surface area contributed by atoms with Crippen LogP contribution in [-0.4, -0.2) is 34.3 Å². The van der Waals surface area contributed by atoms with Crippen LogP contribution in [0, 0.1) is 0 Å². The number of hydrogen-bond donors (Lipinski definition) is 1. The van der Waals surface area contributed by atoms with Gasteiger partial charge in [0, 0.05) is 18.2 Å². The van der Waals surface area contributed by atoms with Crippen LogP contribution in [0.3, 0.4) is 0 Å². The second-order valence-corrected chi connectivity index (χ2v) is 3.98. The molecule has 0 spiro atoms. The van der Waals surface area contributed by atoms with Crippen LogP contribution in [-0.2, 0) is 13.0 Å². The Balaban J connectivity index is 2.54. The maximum Gasteiger partial charge on any atom is 0.124 e. The maximum absolute atomic E-state index is 9.25. The van der Waals surface area contributed by atoms with Gasteiger partial charge in [-0.05, 0) is 6.42 Å². The third kappa shape index (κ3) is 2.53. The summed E-state index contributed by atoms with van der Waals surface area (Å²) in [6.07, 6.45) is 0.725. The van der Waals surface area contributed by atoms with Gasteiger partial charge in [0.05, 0.1) is 32.2 Å². The highest BCUT2D eigenvalue weighted by molar-refractivity contribution is 5.47. The van der Waals surface area contributed by atoms with Gasteiger partial charge in [-0.2, -0.15) is 0 Å². The summed E-state index contributed by atoms with van der Waals surface area (Å²) in [6, 6.07) is 5.48. The van der Waals surface area contributed by atoms with E-state index in [1.54, 1.807) is 25.0 Å². The van der Waals surface area contributed by atoms with Gasteiger partial charge in [-0.1, -0.05) is 12.1 Å². The monoisotopic (exact) mass is 263 g/mol. The lowest BCUT2D eigenvalue weighted by atomic mass is 10.2. The first-order valence-corrected chi connectivity index (χ1v) is 6.01. The lowest BCUT2D eigenvalue weighted by Gasteiger charge is -2.10. The summed E-state index contributed by atoms with van der Waals surface area (Å²) in [5.41, 5.74) is 2.25. The highest BCUT2D eigenvalue weighted by Crippen LogP contribution is 2.25. The topological polar surface area (TPSA) is 69.4 Å². The molecular formula is C13H17N3O3. The molecule has 0 amide bonds. The number of rotatable bonds is 5. The Morgan fingerprint density at radius 1 is 1.16 bits per heavy atom. The predicted octanol–water partition coefficient (Wildman–Crippen LogP) is 1.34. The van der Waals surface area contributed by atoms with E-state index in [0.717, 1.165) is 17.8 Å². The van der Waals surface area contributed by atoms with Crippen molar-refractivity contribution in [3.63, 3.8) is 0 Å². The van der Waals surface area contributed by atoms with E-state index < -0.39 is 0 Å². The fourth-order valence-electron chi connectivity index (χ4n) is 1.93. The van der Waals surface area contributed by atoms with Gasteiger partial charge < -0.3 is 14.6 Å². The quantitative estimate of drug-likeness (QED) is 0.881. The van der Waals surface area contributed by atoms with Crippen molar-refractivity contribution in [1.29, 1.82) is 0 Å². The molecular weight excluding hydrogens is 246 g/mol. The lowest BCUT2D eigenvalue weighted by Crippen LogP contribution is -2.03. The summed E-state index contributed by atoms with van der Waals surface area (Å²) in [5.74, 6) is 1.36. The molecule has 1 aromatic heterocycles. The van der Waals surface area contributed by atoms with E-state index in [0.29, 0.717) is 17.2 Å². The first-order chi connectivity index (χ1) is 9.23. The molecule has 0 atom stereocenters. The van der Waals surface area contributed by atoms with Crippen molar-refractivity contribution in [3.05, 3.63) is 29.6 Å². The highest BCUT2D eigenvalue weighted by atomic mass is 16.5. The van der Waals surface area contributed by atoms with E-state index >= 15 is 0 Å². The number of methoxy groups -OCH3 is 2.